The third-order valence-electron chi connectivity index (χ3n) is 3.67. The summed E-state index contributed by atoms with van der Waals surface area (Å²) in [7, 11) is 3.49. The highest BCUT2D eigenvalue weighted by Gasteiger charge is 2.24. The number of nitrogens with zero attached hydrogens (tertiary/aromatic N) is 2. The van der Waals surface area contributed by atoms with Crippen molar-refractivity contribution < 1.29 is 14.7 Å². The maximum atomic E-state index is 11.9. The molecule has 2 rings (SSSR count). The van der Waals surface area contributed by atoms with Gasteiger partial charge < -0.3 is 20.2 Å². The molecule has 0 unspecified atom stereocenters. The van der Waals surface area contributed by atoms with Crippen molar-refractivity contribution in [3.63, 3.8) is 0 Å². The normalized spacial score (nSPS) is 15.6. The van der Waals surface area contributed by atoms with Crippen molar-refractivity contribution in [1.82, 2.24) is 9.80 Å². The van der Waals surface area contributed by atoms with E-state index < -0.39 is 5.97 Å². The van der Waals surface area contributed by atoms with E-state index in [0.717, 1.165) is 12.8 Å². The number of urea groups is 1. The Balaban J connectivity index is 1.95. The van der Waals surface area contributed by atoms with Gasteiger partial charge in [0.05, 0.1) is 5.56 Å². The minimum Gasteiger partial charge on any atom is -0.478 e. The van der Waals surface area contributed by atoms with Crippen LogP contribution in [-0.4, -0.2) is 60.1 Å². The molecule has 0 spiro atoms. The van der Waals surface area contributed by atoms with Gasteiger partial charge in [-0.3, -0.25) is 0 Å². The van der Waals surface area contributed by atoms with E-state index in [0.29, 0.717) is 18.8 Å². The second kappa shape index (κ2) is 6.47. The zero-order chi connectivity index (χ0) is 15.4. The number of carbonyl (C=O) groups excluding carboxylic acids is 1. The number of likely N-dealkylation sites (tertiary alicyclic amines) is 1. The smallest absolute Gasteiger partial charge is 0.337 e. The molecular weight excluding hydrogens is 270 g/mol. The summed E-state index contributed by atoms with van der Waals surface area (Å²) in [6.45, 7) is 1.37. The summed E-state index contributed by atoms with van der Waals surface area (Å²) in [5.41, 5.74) is 0.923. The highest BCUT2D eigenvalue weighted by Crippen LogP contribution is 2.20. The number of piperidine rings is 1. The molecule has 2 amide bonds. The van der Waals surface area contributed by atoms with E-state index in [1.165, 1.54) is 0 Å². The van der Waals surface area contributed by atoms with Crippen LogP contribution in [-0.2, 0) is 0 Å². The molecule has 1 fully saturated rings. The third kappa shape index (κ3) is 3.65. The van der Waals surface area contributed by atoms with Crippen LogP contribution >= 0.6 is 0 Å². The number of carboxylic acids is 1. The molecule has 1 aromatic rings. The molecule has 0 aromatic heterocycles. The molecule has 0 aliphatic carbocycles. The molecule has 2 N–H and O–H groups in total. The Hall–Kier alpha value is -2.24. The molecule has 1 aliphatic rings. The lowest BCUT2D eigenvalue weighted by Crippen LogP contribution is -2.46. The number of para-hydroxylation sites is 1. The Morgan fingerprint density at radius 2 is 1.86 bits per heavy atom. The van der Waals surface area contributed by atoms with E-state index in [1.807, 2.05) is 11.0 Å². The topological polar surface area (TPSA) is 72.9 Å². The molecule has 0 bridgehead atoms. The lowest BCUT2D eigenvalue weighted by atomic mass is 10.0. The van der Waals surface area contributed by atoms with Gasteiger partial charge in [0, 0.05) is 38.9 Å². The van der Waals surface area contributed by atoms with Gasteiger partial charge in [0.2, 0.25) is 0 Å². The van der Waals surface area contributed by atoms with Gasteiger partial charge >= 0.3 is 12.0 Å². The van der Waals surface area contributed by atoms with Crippen LogP contribution in [0.3, 0.4) is 0 Å². The standard InChI is InChI=1S/C15H21N3O3/c1-17(2)15(21)18-9-7-11(8-10-18)16-13-6-4-3-5-12(13)14(19)20/h3-6,11,16H,7-10H2,1-2H3,(H,19,20). The van der Waals surface area contributed by atoms with Crippen LogP contribution in [0.2, 0.25) is 0 Å². The summed E-state index contributed by atoms with van der Waals surface area (Å²) in [6.07, 6.45) is 1.63. The molecule has 6 nitrogen and oxygen atoms in total. The minimum atomic E-state index is -0.932. The van der Waals surface area contributed by atoms with Gasteiger partial charge in [0.1, 0.15) is 0 Å². The maximum Gasteiger partial charge on any atom is 0.337 e. The fourth-order valence-electron chi connectivity index (χ4n) is 2.51. The van der Waals surface area contributed by atoms with Crippen LogP contribution in [0.25, 0.3) is 0 Å². The Morgan fingerprint density at radius 3 is 2.43 bits per heavy atom. The number of rotatable bonds is 3. The van der Waals surface area contributed by atoms with Crippen molar-refractivity contribution in [3.05, 3.63) is 29.8 Å². The number of anilines is 1. The second-order valence-electron chi connectivity index (χ2n) is 5.43. The predicted octanol–water partition coefficient (Wildman–Crippen LogP) is 1.94. The second-order valence-corrected chi connectivity index (χ2v) is 5.43. The van der Waals surface area contributed by atoms with E-state index in [4.69, 9.17) is 0 Å². The van der Waals surface area contributed by atoms with Crippen molar-refractivity contribution in [2.75, 3.05) is 32.5 Å². The molecule has 114 valence electrons. The summed E-state index contributed by atoms with van der Waals surface area (Å²) < 4.78 is 0. The summed E-state index contributed by atoms with van der Waals surface area (Å²) in [4.78, 5) is 26.4. The average Bonchev–Trinajstić information content (AvgIpc) is 2.47. The number of carbonyl (C=O) groups is 2. The van der Waals surface area contributed by atoms with E-state index in [2.05, 4.69) is 5.32 Å². The van der Waals surface area contributed by atoms with Crippen LogP contribution in [0.4, 0.5) is 10.5 Å². The van der Waals surface area contributed by atoms with Crippen LogP contribution in [0.15, 0.2) is 24.3 Å². The summed E-state index contributed by atoms with van der Waals surface area (Å²) in [5.74, 6) is -0.932. The highest BCUT2D eigenvalue weighted by atomic mass is 16.4. The first-order chi connectivity index (χ1) is 9.99. The first-order valence-corrected chi connectivity index (χ1v) is 7.04. The van der Waals surface area contributed by atoms with Crippen LogP contribution < -0.4 is 5.32 Å². The zero-order valence-electron chi connectivity index (χ0n) is 12.4. The summed E-state index contributed by atoms with van der Waals surface area (Å²) >= 11 is 0. The molecule has 21 heavy (non-hydrogen) atoms. The number of benzene rings is 1. The molecule has 1 heterocycles. The largest absolute Gasteiger partial charge is 0.478 e. The summed E-state index contributed by atoms with van der Waals surface area (Å²) in [5, 5.41) is 12.5. The van der Waals surface area contributed by atoms with Crippen LogP contribution in [0.1, 0.15) is 23.2 Å². The Kier molecular flexibility index (Phi) is 4.67. The fourth-order valence-corrected chi connectivity index (χ4v) is 2.51. The van der Waals surface area contributed by atoms with E-state index in [1.54, 1.807) is 37.2 Å². The Labute approximate surface area is 124 Å². The molecule has 6 heteroatoms. The number of amides is 2. The van der Waals surface area contributed by atoms with Gasteiger partial charge in [-0.2, -0.15) is 0 Å². The van der Waals surface area contributed by atoms with E-state index >= 15 is 0 Å². The van der Waals surface area contributed by atoms with Crippen molar-refractivity contribution in [2.45, 2.75) is 18.9 Å². The number of carboxylic acid groups (broad SMARTS) is 1. The monoisotopic (exact) mass is 291 g/mol. The van der Waals surface area contributed by atoms with Crippen molar-refractivity contribution in [3.8, 4) is 0 Å². The van der Waals surface area contributed by atoms with E-state index in [-0.39, 0.29) is 17.6 Å². The molecule has 1 aromatic carbocycles. The number of aromatic carboxylic acids is 1. The molecule has 1 saturated heterocycles. The van der Waals surface area contributed by atoms with Gasteiger partial charge in [-0.05, 0) is 25.0 Å². The van der Waals surface area contributed by atoms with Crippen LogP contribution in [0.5, 0.6) is 0 Å². The first-order valence-electron chi connectivity index (χ1n) is 7.04. The molecule has 0 saturated carbocycles. The van der Waals surface area contributed by atoms with Crippen molar-refractivity contribution in [2.24, 2.45) is 0 Å². The lowest BCUT2D eigenvalue weighted by molar-refractivity contribution is 0.0698. The minimum absolute atomic E-state index is 0.0272. The SMILES string of the molecule is CN(C)C(=O)N1CCC(Nc2ccccc2C(=O)O)CC1. The molecule has 0 radical (unpaired) electrons. The van der Waals surface area contributed by atoms with Gasteiger partial charge in [-0.1, -0.05) is 12.1 Å². The first kappa shape index (κ1) is 15.2. The average molecular weight is 291 g/mol. The number of hydrogen-bond acceptors (Lipinski definition) is 3. The highest BCUT2D eigenvalue weighted by molar-refractivity contribution is 5.94. The van der Waals surface area contributed by atoms with Gasteiger partial charge in [-0.15, -0.1) is 0 Å². The van der Waals surface area contributed by atoms with Gasteiger partial charge in [-0.25, -0.2) is 9.59 Å². The quantitative estimate of drug-likeness (QED) is 0.892. The zero-order valence-corrected chi connectivity index (χ0v) is 12.4. The van der Waals surface area contributed by atoms with Crippen molar-refractivity contribution in [1.29, 1.82) is 0 Å². The van der Waals surface area contributed by atoms with E-state index in [9.17, 15) is 14.7 Å². The number of nitrogens with one attached hydrogen (secondary N) is 1. The number of hydrogen-bond donors (Lipinski definition) is 2. The Bertz CT molecular complexity index is 523. The molecule has 1 aliphatic heterocycles. The lowest BCUT2D eigenvalue weighted by Gasteiger charge is -2.34. The maximum absolute atomic E-state index is 11.9. The third-order valence-corrected chi connectivity index (χ3v) is 3.67. The fraction of sp³-hybridized carbons (Fsp3) is 0.467. The molecule has 0 atom stereocenters. The predicted molar refractivity (Wildman–Crippen MR) is 80.7 cm³/mol. The molecular formula is C15H21N3O3. The van der Waals surface area contributed by atoms with Crippen molar-refractivity contribution >= 4 is 17.7 Å². The Morgan fingerprint density at radius 1 is 1.24 bits per heavy atom. The van der Waals surface area contributed by atoms with Gasteiger partial charge in [0.25, 0.3) is 0 Å². The van der Waals surface area contributed by atoms with Gasteiger partial charge in [0.15, 0.2) is 0 Å². The van der Waals surface area contributed by atoms with Crippen LogP contribution in [0, 0.1) is 0 Å². The summed E-state index contributed by atoms with van der Waals surface area (Å²) in [6, 6.07) is 7.12.